The van der Waals surface area contributed by atoms with E-state index >= 15 is 0 Å². The minimum Gasteiger partial charge on any atom is -0.372 e. The third-order valence-corrected chi connectivity index (χ3v) is 4.88. The Morgan fingerprint density at radius 2 is 1.71 bits per heavy atom. The molecule has 118 valence electrons. The Morgan fingerprint density at radius 1 is 1.10 bits per heavy atom. The van der Waals surface area contributed by atoms with Crippen LogP contribution in [0.2, 0.25) is 0 Å². The summed E-state index contributed by atoms with van der Waals surface area (Å²) in [6.07, 6.45) is 5.21. The first-order chi connectivity index (χ1) is 9.94. The molecule has 1 fully saturated rings. The summed E-state index contributed by atoms with van der Waals surface area (Å²) >= 11 is 0. The lowest BCUT2D eigenvalue weighted by molar-refractivity contribution is 0.346. The maximum Gasteiger partial charge on any atom is 0.148 e. The molecule has 4 nitrogen and oxygen atoms in total. The monoisotopic (exact) mass is 310 g/mol. The zero-order chi connectivity index (χ0) is 15.3. The summed E-state index contributed by atoms with van der Waals surface area (Å²) in [4.78, 5) is 4.50. The quantitative estimate of drug-likeness (QED) is 0.807. The fourth-order valence-electron chi connectivity index (χ4n) is 2.68. The highest BCUT2D eigenvalue weighted by atomic mass is 32.2. The second kappa shape index (κ2) is 7.27. The van der Waals surface area contributed by atoms with Gasteiger partial charge in [0.05, 0.1) is 5.75 Å². The van der Waals surface area contributed by atoms with Crippen LogP contribution in [0.25, 0.3) is 0 Å². The molecule has 0 bridgehead atoms. The third kappa shape index (κ3) is 5.67. The minimum absolute atomic E-state index is 0.218. The molecule has 0 saturated carbocycles. The van der Waals surface area contributed by atoms with E-state index in [0.717, 1.165) is 19.6 Å². The van der Waals surface area contributed by atoms with Crippen LogP contribution >= 0.6 is 0 Å². The smallest absolute Gasteiger partial charge is 0.148 e. The molecular weight excluding hydrogens is 284 g/mol. The van der Waals surface area contributed by atoms with Crippen LogP contribution < -0.4 is 4.90 Å². The molecule has 0 unspecified atom stereocenters. The van der Waals surface area contributed by atoms with E-state index in [9.17, 15) is 8.42 Å². The van der Waals surface area contributed by atoms with Gasteiger partial charge in [-0.05, 0) is 44.0 Å². The summed E-state index contributed by atoms with van der Waals surface area (Å²) in [6.45, 7) is 3.68. The minimum atomic E-state index is -2.88. The largest absolute Gasteiger partial charge is 0.372 e. The Balaban J connectivity index is 1.86. The molecule has 0 aliphatic carbocycles. The fourth-order valence-corrected chi connectivity index (χ4v) is 3.32. The molecule has 1 aromatic rings. The molecule has 0 aromatic heterocycles. The van der Waals surface area contributed by atoms with Gasteiger partial charge in [0, 0.05) is 38.1 Å². The van der Waals surface area contributed by atoms with Crippen LogP contribution in [0.4, 0.5) is 5.69 Å². The molecule has 5 heteroatoms. The number of piperidine rings is 1. The van der Waals surface area contributed by atoms with Gasteiger partial charge >= 0.3 is 0 Å². The van der Waals surface area contributed by atoms with E-state index in [0.29, 0.717) is 6.54 Å². The summed E-state index contributed by atoms with van der Waals surface area (Å²) in [6, 6.07) is 8.68. The molecule has 2 rings (SSSR count). The lowest BCUT2D eigenvalue weighted by Crippen LogP contribution is -2.29. The van der Waals surface area contributed by atoms with Crippen molar-refractivity contribution in [3.8, 4) is 0 Å². The molecule has 21 heavy (non-hydrogen) atoms. The third-order valence-electron chi connectivity index (χ3n) is 3.95. The molecule has 1 heterocycles. The topological polar surface area (TPSA) is 40.6 Å². The Labute approximate surface area is 128 Å². The van der Waals surface area contributed by atoms with Gasteiger partial charge in [0.2, 0.25) is 0 Å². The van der Waals surface area contributed by atoms with E-state index < -0.39 is 9.84 Å². The van der Waals surface area contributed by atoms with Crippen LogP contribution in [0.5, 0.6) is 0 Å². The Kier molecular flexibility index (Phi) is 5.65. The molecule has 0 radical (unpaired) electrons. The van der Waals surface area contributed by atoms with Crippen molar-refractivity contribution < 1.29 is 8.42 Å². The van der Waals surface area contributed by atoms with E-state index in [2.05, 4.69) is 34.1 Å². The van der Waals surface area contributed by atoms with Gasteiger partial charge in [-0.15, -0.1) is 0 Å². The first-order valence-corrected chi connectivity index (χ1v) is 9.70. The molecule has 0 N–H and O–H groups in total. The van der Waals surface area contributed by atoms with Crippen LogP contribution in [0.3, 0.4) is 0 Å². The second-order valence-corrected chi connectivity index (χ2v) is 8.34. The molecular formula is C16H26N2O2S. The Morgan fingerprint density at radius 3 is 2.29 bits per heavy atom. The summed E-state index contributed by atoms with van der Waals surface area (Å²) in [7, 11) is -0.919. The summed E-state index contributed by atoms with van der Waals surface area (Å²) in [5.74, 6) is 0.218. The van der Waals surface area contributed by atoms with E-state index in [1.54, 1.807) is 0 Å². The lowest BCUT2D eigenvalue weighted by atomic mass is 10.1. The van der Waals surface area contributed by atoms with Crippen molar-refractivity contribution in [3.63, 3.8) is 0 Å². The van der Waals surface area contributed by atoms with E-state index in [4.69, 9.17) is 0 Å². The average Bonchev–Trinajstić information content (AvgIpc) is 2.46. The van der Waals surface area contributed by atoms with Gasteiger partial charge in [-0.2, -0.15) is 0 Å². The molecule has 0 amide bonds. The van der Waals surface area contributed by atoms with Crippen LogP contribution in [0.1, 0.15) is 24.8 Å². The van der Waals surface area contributed by atoms with Gasteiger partial charge in [-0.25, -0.2) is 8.42 Å². The summed E-state index contributed by atoms with van der Waals surface area (Å²) in [5, 5.41) is 0. The number of nitrogens with zero attached hydrogens (tertiary/aromatic N) is 2. The van der Waals surface area contributed by atoms with Gasteiger partial charge in [0.1, 0.15) is 9.84 Å². The van der Waals surface area contributed by atoms with Crippen LogP contribution in [-0.2, 0) is 16.4 Å². The zero-order valence-electron chi connectivity index (χ0n) is 13.1. The molecule has 1 saturated heterocycles. The molecule has 1 aliphatic rings. The Bertz CT molecular complexity index is 534. The van der Waals surface area contributed by atoms with Crippen molar-refractivity contribution >= 4 is 15.5 Å². The maximum absolute atomic E-state index is 11.2. The van der Waals surface area contributed by atoms with Gasteiger partial charge in [0.15, 0.2) is 0 Å². The van der Waals surface area contributed by atoms with Gasteiger partial charge in [-0.3, -0.25) is 0 Å². The van der Waals surface area contributed by atoms with Crippen LogP contribution in [-0.4, -0.2) is 52.0 Å². The first kappa shape index (κ1) is 16.3. The maximum atomic E-state index is 11.2. The number of hydrogen-bond donors (Lipinski definition) is 0. The standard InChI is InChI=1S/C16H26N2O2S/c1-17(12-13-21(2,19)20)14-15-6-8-16(9-7-15)18-10-4-3-5-11-18/h6-9H,3-5,10-14H2,1-2H3. The predicted molar refractivity (Wildman–Crippen MR) is 88.6 cm³/mol. The normalized spacial score (nSPS) is 16.4. The van der Waals surface area contributed by atoms with Gasteiger partial charge in [0.25, 0.3) is 0 Å². The number of anilines is 1. The highest BCUT2D eigenvalue weighted by Gasteiger charge is 2.11. The van der Waals surface area contributed by atoms with Crippen molar-refractivity contribution in [2.24, 2.45) is 0 Å². The number of rotatable bonds is 6. The van der Waals surface area contributed by atoms with E-state index in [-0.39, 0.29) is 5.75 Å². The van der Waals surface area contributed by atoms with E-state index in [1.807, 2.05) is 7.05 Å². The number of hydrogen-bond acceptors (Lipinski definition) is 4. The molecule has 1 aliphatic heterocycles. The summed E-state index contributed by atoms with van der Waals surface area (Å²) in [5.41, 5.74) is 2.53. The summed E-state index contributed by atoms with van der Waals surface area (Å²) < 4.78 is 22.4. The SMILES string of the molecule is CN(CCS(C)(=O)=O)Cc1ccc(N2CCCCC2)cc1. The van der Waals surface area contributed by atoms with Crippen LogP contribution in [0, 0.1) is 0 Å². The average molecular weight is 310 g/mol. The van der Waals surface area contributed by atoms with Crippen molar-refractivity contribution in [2.45, 2.75) is 25.8 Å². The predicted octanol–water partition coefficient (Wildman–Crippen LogP) is 2.15. The van der Waals surface area contributed by atoms with Crippen molar-refractivity contribution in [3.05, 3.63) is 29.8 Å². The number of benzene rings is 1. The molecule has 0 spiro atoms. The molecule has 0 atom stereocenters. The first-order valence-electron chi connectivity index (χ1n) is 7.64. The van der Waals surface area contributed by atoms with Crippen LogP contribution in [0.15, 0.2) is 24.3 Å². The second-order valence-electron chi connectivity index (χ2n) is 6.08. The lowest BCUT2D eigenvalue weighted by Gasteiger charge is -2.29. The zero-order valence-corrected chi connectivity index (χ0v) is 13.9. The van der Waals surface area contributed by atoms with Crippen molar-refractivity contribution in [2.75, 3.05) is 43.6 Å². The molecule has 1 aromatic carbocycles. The Hall–Kier alpha value is -1.07. The fraction of sp³-hybridized carbons (Fsp3) is 0.625. The number of sulfone groups is 1. The van der Waals surface area contributed by atoms with Gasteiger partial charge in [-0.1, -0.05) is 12.1 Å². The highest BCUT2D eigenvalue weighted by molar-refractivity contribution is 7.90. The van der Waals surface area contributed by atoms with E-state index in [1.165, 1.54) is 36.8 Å². The van der Waals surface area contributed by atoms with Crippen molar-refractivity contribution in [1.82, 2.24) is 4.90 Å². The highest BCUT2D eigenvalue weighted by Crippen LogP contribution is 2.20. The van der Waals surface area contributed by atoms with Gasteiger partial charge < -0.3 is 9.80 Å². The van der Waals surface area contributed by atoms with Crippen molar-refractivity contribution in [1.29, 1.82) is 0 Å².